The fourth-order valence-corrected chi connectivity index (χ4v) is 0.929. The number of anilines is 1. The summed E-state index contributed by atoms with van der Waals surface area (Å²) in [6.07, 6.45) is 1.80. The lowest BCUT2D eigenvalue weighted by Crippen LogP contribution is -2.03. The lowest BCUT2D eigenvalue weighted by Gasteiger charge is -2.02. The maximum absolute atomic E-state index is 4.13. The van der Waals surface area contributed by atoms with Gasteiger partial charge in [0.15, 0.2) is 0 Å². The number of aryl methyl sites for hydroxylation is 1. The topological polar surface area (TPSA) is 24.9 Å². The zero-order chi connectivity index (χ0) is 8.10. The van der Waals surface area contributed by atoms with Crippen molar-refractivity contribution >= 4 is 18.4 Å². The number of nitrogens with one attached hydrogen (secondary N) is 1. The third-order valence-corrected chi connectivity index (χ3v) is 1.56. The lowest BCUT2D eigenvalue weighted by atomic mass is 10.3. The molecule has 0 saturated heterocycles. The van der Waals surface area contributed by atoms with Crippen LogP contribution in [0.25, 0.3) is 0 Å². The number of rotatable bonds is 3. The van der Waals surface area contributed by atoms with Gasteiger partial charge in [-0.05, 0) is 24.6 Å². The molecule has 1 aromatic rings. The molecule has 1 N–H and O–H groups in total. The van der Waals surface area contributed by atoms with Crippen LogP contribution >= 0.6 is 12.6 Å². The van der Waals surface area contributed by atoms with E-state index in [0.29, 0.717) is 0 Å². The van der Waals surface area contributed by atoms with Crippen molar-refractivity contribution in [2.24, 2.45) is 0 Å². The van der Waals surface area contributed by atoms with E-state index in [4.69, 9.17) is 0 Å². The van der Waals surface area contributed by atoms with E-state index in [2.05, 4.69) is 22.9 Å². The Balaban J connectivity index is 2.56. The van der Waals surface area contributed by atoms with Crippen LogP contribution < -0.4 is 5.32 Å². The number of hydrogen-bond donors (Lipinski definition) is 2. The molecule has 2 nitrogen and oxygen atoms in total. The number of hydrogen-bond acceptors (Lipinski definition) is 3. The summed E-state index contributed by atoms with van der Waals surface area (Å²) in [6, 6.07) is 4.00. The molecule has 0 saturated carbocycles. The maximum atomic E-state index is 4.13. The molecule has 1 rings (SSSR count). The maximum Gasteiger partial charge on any atom is 0.126 e. The summed E-state index contributed by atoms with van der Waals surface area (Å²) in [5.41, 5.74) is 1.22. The molecule has 0 aliphatic carbocycles. The van der Waals surface area contributed by atoms with E-state index in [1.807, 2.05) is 19.1 Å². The van der Waals surface area contributed by atoms with Gasteiger partial charge in [-0.2, -0.15) is 12.6 Å². The SMILES string of the molecule is Cc1ccnc(NCCS)c1. The van der Waals surface area contributed by atoms with Crippen molar-refractivity contribution in [2.75, 3.05) is 17.6 Å². The van der Waals surface area contributed by atoms with Crippen LogP contribution in [0.3, 0.4) is 0 Å². The molecular weight excluding hydrogens is 156 g/mol. The summed E-state index contributed by atoms with van der Waals surface area (Å²) < 4.78 is 0. The van der Waals surface area contributed by atoms with Crippen LogP contribution in [0.1, 0.15) is 5.56 Å². The third kappa shape index (κ3) is 2.80. The predicted octanol–water partition coefficient (Wildman–Crippen LogP) is 1.73. The van der Waals surface area contributed by atoms with Gasteiger partial charge in [-0.15, -0.1) is 0 Å². The third-order valence-electron chi connectivity index (χ3n) is 1.33. The van der Waals surface area contributed by atoms with Crippen molar-refractivity contribution in [1.29, 1.82) is 0 Å². The zero-order valence-corrected chi connectivity index (χ0v) is 7.44. The summed E-state index contributed by atoms with van der Waals surface area (Å²) >= 11 is 4.09. The Morgan fingerprint density at radius 3 is 3.09 bits per heavy atom. The van der Waals surface area contributed by atoms with Gasteiger partial charge in [0.25, 0.3) is 0 Å². The Hall–Kier alpha value is -0.700. The van der Waals surface area contributed by atoms with Crippen LogP contribution in [0.5, 0.6) is 0 Å². The quantitative estimate of drug-likeness (QED) is 0.672. The fourth-order valence-electron chi connectivity index (χ4n) is 0.817. The molecule has 1 heterocycles. The summed E-state index contributed by atoms with van der Waals surface area (Å²) in [7, 11) is 0. The van der Waals surface area contributed by atoms with E-state index in [9.17, 15) is 0 Å². The number of thiol groups is 1. The lowest BCUT2D eigenvalue weighted by molar-refractivity contribution is 1.16. The van der Waals surface area contributed by atoms with Crippen LogP contribution in [0.4, 0.5) is 5.82 Å². The molecule has 0 spiro atoms. The first kappa shape index (κ1) is 8.40. The normalized spacial score (nSPS) is 9.64. The first-order valence-corrected chi connectivity index (χ1v) is 4.23. The first-order valence-electron chi connectivity index (χ1n) is 3.60. The Morgan fingerprint density at radius 1 is 1.64 bits per heavy atom. The monoisotopic (exact) mass is 168 g/mol. The van der Waals surface area contributed by atoms with Crippen molar-refractivity contribution in [3.63, 3.8) is 0 Å². The van der Waals surface area contributed by atoms with Gasteiger partial charge in [0.2, 0.25) is 0 Å². The molecule has 0 bridgehead atoms. The predicted molar refractivity (Wildman–Crippen MR) is 51.3 cm³/mol. The average Bonchev–Trinajstić information content (AvgIpc) is 2.01. The van der Waals surface area contributed by atoms with E-state index in [0.717, 1.165) is 18.1 Å². The van der Waals surface area contributed by atoms with Crippen molar-refractivity contribution < 1.29 is 0 Å². The van der Waals surface area contributed by atoms with Crippen molar-refractivity contribution in [3.8, 4) is 0 Å². The van der Waals surface area contributed by atoms with E-state index < -0.39 is 0 Å². The number of nitrogens with zero attached hydrogens (tertiary/aromatic N) is 1. The van der Waals surface area contributed by atoms with E-state index in [1.165, 1.54) is 5.56 Å². The molecule has 0 atom stereocenters. The van der Waals surface area contributed by atoms with Gasteiger partial charge in [0.05, 0.1) is 0 Å². The smallest absolute Gasteiger partial charge is 0.126 e. The highest BCUT2D eigenvalue weighted by atomic mass is 32.1. The average molecular weight is 168 g/mol. The molecule has 0 aromatic carbocycles. The van der Waals surface area contributed by atoms with Crippen molar-refractivity contribution in [2.45, 2.75) is 6.92 Å². The molecule has 0 aliphatic rings. The number of pyridine rings is 1. The van der Waals surface area contributed by atoms with Crippen LogP contribution in [0, 0.1) is 6.92 Å². The molecule has 1 aromatic heterocycles. The first-order chi connectivity index (χ1) is 5.33. The minimum Gasteiger partial charge on any atom is -0.369 e. The van der Waals surface area contributed by atoms with E-state index in [-0.39, 0.29) is 0 Å². The minimum absolute atomic E-state index is 0.829. The van der Waals surface area contributed by atoms with Gasteiger partial charge in [-0.1, -0.05) is 0 Å². The van der Waals surface area contributed by atoms with Gasteiger partial charge < -0.3 is 5.32 Å². The summed E-state index contributed by atoms with van der Waals surface area (Å²) in [5.74, 6) is 1.76. The standard InChI is InChI=1S/C8H12N2S/c1-7-2-3-9-8(6-7)10-4-5-11/h2-3,6,11H,4-5H2,1H3,(H,9,10). The zero-order valence-electron chi connectivity index (χ0n) is 6.54. The Morgan fingerprint density at radius 2 is 2.45 bits per heavy atom. The van der Waals surface area contributed by atoms with Gasteiger partial charge in [0.1, 0.15) is 5.82 Å². The fraction of sp³-hybridized carbons (Fsp3) is 0.375. The summed E-state index contributed by atoms with van der Waals surface area (Å²) in [5, 5.41) is 3.15. The van der Waals surface area contributed by atoms with Gasteiger partial charge in [0, 0.05) is 18.5 Å². The van der Waals surface area contributed by atoms with Gasteiger partial charge in [-0.25, -0.2) is 4.98 Å². The van der Waals surface area contributed by atoms with Crippen molar-refractivity contribution in [1.82, 2.24) is 4.98 Å². The highest BCUT2D eigenvalue weighted by molar-refractivity contribution is 7.80. The Bertz CT molecular complexity index is 225. The van der Waals surface area contributed by atoms with Crippen LogP contribution in [-0.2, 0) is 0 Å². The van der Waals surface area contributed by atoms with Crippen LogP contribution in [0.15, 0.2) is 18.3 Å². The Kier molecular flexibility index (Phi) is 3.23. The highest BCUT2D eigenvalue weighted by Crippen LogP contribution is 2.04. The molecule has 0 amide bonds. The highest BCUT2D eigenvalue weighted by Gasteiger charge is 1.90. The van der Waals surface area contributed by atoms with E-state index >= 15 is 0 Å². The van der Waals surface area contributed by atoms with Crippen LogP contribution in [0.2, 0.25) is 0 Å². The molecule has 3 heteroatoms. The number of aromatic nitrogens is 1. The van der Waals surface area contributed by atoms with Crippen molar-refractivity contribution in [3.05, 3.63) is 23.9 Å². The molecule has 11 heavy (non-hydrogen) atoms. The molecule has 60 valence electrons. The largest absolute Gasteiger partial charge is 0.369 e. The summed E-state index contributed by atoms with van der Waals surface area (Å²) in [4.78, 5) is 4.13. The van der Waals surface area contributed by atoms with E-state index in [1.54, 1.807) is 6.20 Å². The molecular formula is C8H12N2S. The molecule has 0 aliphatic heterocycles. The summed E-state index contributed by atoms with van der Waals surface area (Å²) in [6.45, 7) is 2.91. The second-order valence-electron chi connectivity index (χ2n) is 2.37. The Labute approximate surface area is 72.5 Å². The van der Waals surface area contributed by atoms with Gasteiger partial charge in [-0.3, -0.25) is 0 Å². The minimum atomic E-state index is 0.829. The second-order valence-corrected chi connectivity index (χ2v) is 2.82. The molecule has 0 radical (unpaired) electrons. The molecule has 0 unspecified atom stereocenters. The van der Waals surface area contributed by atoms with Crippen LogP contribution in [-0.4, -0.2) is 17.3 Å². The molecule has 0 fully saturated rings. The van der Waals surface area contributed by atoms with Gasteiger partial charge >= 0.3 is 0 Å². The second kappa shape index (κ2) is 4.23.